The zero-order valence-corrected chi connectivity index (χ0v) is 10.1. The molecule has 1 aliphatic carbocycles. The standard InChI is InChI=1S/C14H19NO2/c1-11(16)10-15-13(17)14(8-5-9-14)12-6-3-2-4-7-12/h2-4,6-7,11,16H,5,8-10H2,1H3,(H,15,17)/t11-/m1/s1. The van der Waals surface area contributed by atoms with Crippen molar-refractivity contribution in [1.29, 1.82) is 0 Å². The van der Waals surface area contributed by atoms with Crippen LogP contribution < -0.4 is 5.32 Å². The first-order valence-corrected chi connectivity index (χ1v) is 6.17. The first kappa shape index (κ1) is 12.1. The van der Waals surface area contributed by atoms with Crippen molar-refractivity contribution in [3.63, 3.8) is 0 Å². The molecular formula is C14H19NO2. The van der Waals surface area contributed by atoms with E-state index in [1.807, 2.05) is 30.3 Å². The smallest absolute Gasteiger partial charge is 0.230 e. The highest BCUT2D eigenvalue weighted by molar-refractivity contribution is 5.89. The summed E-state index contributed by atoms with van der Waals surface area (Å²) in [6, 6.07) is 9.93. The lowest BCUT2D eigenvalue weighted by Crippen LogP contribution is -2.50. The zero-order chi connectivity index (χ0) is 12.3. The summed E-state index contributed by atoms with van der Waals surface area (Å²) in [5.41, 5.74) is 0.741. The molecule has 3 nitrogen and oxygen atoms in total. The second-order valence-electron chi connectivity index (χ2n) is 4.86. The molecule has 1 saturated carbocycles. The van der Waals surface area contributed by atoms with Gasteiger partial charge in [-0.25, -0.2) is 0 Å². The van der Waals surface area contributed by atoms with E-state index in [-0.39, 0.29) is 11.3 Å². The molecule has 0 radical (unpaired) electrons. The van der Waals surface area contributed by atoms with E-state index in [1.165, 1.54) is 0 Å². The van der Waals surface area contributed by atoms with Gasteiger partial charge in [0.15, 0.2) is 0 Å². The van der Waals surface area contributed by atoms with Crippen molar-refractivity contribution in [1.82, 2.24) is 5.32 Å². The number of hydrogen-bond donors (Lipinski definition) is 2. The third-order valence-electron chi connectivity index (χ3n) is 3.53. The van der Waals surface area contributed by atoms with Crippen LogP contribution in [0.2, 0.25) is 0 Å². The van der Waals surface area contributed by atoms with Crippen molar-refractivity contribution in [2.75, 3.05) is 6.54 Å². The highest BCUT2D eigenvalue weighted by atomic mass is 16.3. The van der Waals surface area contributed by atoms with E-state index in [4.69, 9.17) is 0 Å². The Morgan fingerprint density at radius 3 is 2.53 bits per heavy atom. The number of hydrogen-bond acceptors (Lipinski definition) is 2. The van der Waals surface area contributed by atoms with Crippen molar-refractivity contribution in [3.05, 3.63) is 35.9 Å². The van der Waals surface area contributed by atoms with Crippen molar-refractivity contribution >= 4 is 5.91 Å². The fourth-order valence-corrected chi connectivity index (χ4v) is 2.34. The second kappa shape index (κ2) is 4.88. The van der Waals surface area contributed by atoms with Crippen LogP contribution in [0.25, 0.3) is 0 Å². The van der Waals surface area contributed by atoms with Crippen LogP contribution in [-0.2, 0) is 10.2 Å². The molecule has 0 aliphatic heterocycles. The highest BCUT2D eigenvalue weighted by Gasteiger charge is 2.45. The van der Waals surface area contributed by atoms with Gasteiger partial charge in [0.05, 0.1) is 11.5 Å². The summed E-state index contributed by atoms with van der Waals surface area (Å²) in [5.74, 6) is 0.0517. The summed E-state index contributed by atoms with van der Waals surface area (Å²) >= 11 is 0. The molecule has 92 valence electrons. The summed E-state index contributed by atoms with van der Waals surface area (Å²) in [6.45, 7) is 2.00. The molecule has 2 rings (SSSR count). The van der Waals surface area contributed by atoms with E-state index in [0.717, 1.165) is 24.8 Å². The monoisotopic (exact) mass is 233 g/mol. The van der Waals surface area contributed by atoms with Crippen LogP contribution in [0, 0.1) is 0 Å². The van der Waals surface area contributed by atoms with Crippen LogP contribution >= 0.6 is 0 Å². The summed E-state index contributed by atoms with van der Waals surface area (Å²) < 4.78 is 0. The Bertz CT molecular complexity index is 382. The third-order valence-corrected chi connectivity index (χ3v) is 3.53. The number of carbonyl (C=O) groups excluding carboxylic acids is 1. The molecule has 0 heterocycles. The highest BCUT2D eigenvalue weighted by Crippen LogP contribution is 2.43. The Morgan fingerprint density at radius 2 is 2.06 bits per heavy atom. The van der Waals surface area contributed by atoms with Crippen molar-refractivity contribution in [2.45, 2.75) is 37.7 Å². The van der Waals surface area contributed by atoms with Gasteiger partial charge in [-0.05, 0) is 25.3 Å². The molecule has 0 spiro atoms. The predicted octanol–water partition coefficient (Wildman–Crippen LogP) is 1.61. The van der Waals surface area contributed by atoms with Gasteiger partial charge in [-0.15, -0.1) is 0 Å². The Labute approximate surface area is 102 Å². The van der Waals surface area contributed by atoms with Gasteiger partial charge in [0.1, 0.15) is 0 Å². The first-order valence-electron chi connectivity index (χ1n) is 6.17. The molecule has 1 fully saturated rings. The Kier molecular flexibility index (Phi) is 3.48. The maximum absolute atomic E-state index is 12.2. The van der Waals surface area contributed by atoms with E-state index in [1.54, 1.807) is 6.92 Å². The molecule has 17 heavy (non-hydrogen) atoms. The number of aliphatic hydroxyl groups is 1. The van der Waals surface area contributed by atoms with Crippen LogP contribution in [0.4, 0.5) is 0 Å². The molecule has 1 atom stereocenters. The van der Waals surface area contributed by atoms with Crippen LogP contribution in [-0.4, -0.2) is 23.7 Å². The number of nitrogens with one attached hydrogen (secondary N) is 1. The summed E-state index contributed by atoms with van der Waals surface area (Å²) in [4.78, 5) is 12.2. The van der Waals surface area contributed by atoms with E-state index >= 15 is 0 Å². The van der Waals surface area contributed by atoms with Gasteiger partial charge in [0, 0.05) is 6.54 Å². The molecule has 0 bridgehead atoms. The number of benzene rings is 1. The van der Waals surface area contributed by atoms with Crippen molar-refractivity contribution in [3.8, 4) is 0 Å². The lowest BCUT2D eigenvalue weighted by Gasteiger charge is -2.40. The van der Waals surface area contributed by atoms with Crippen LogP contribution in [0.1, 0.15) is 31.7 Å². The van der Waals surface area contributed by atoms with Crippen molar-refractivity contribution < 1.29 is 9.90 Å². The van der Waals surface area contributed by atoms with Gasteiger partial charge in [0.2, 0.25) is 5.91 Å². The maximum Gasteiger partial charge on any atom is 0.230 e. The lowest BCUT2D eigenvalue weighted by atomic mass is 9.64. The Morgan fingerprint density at radius 1 is 1.41 bits per heavy atom. The van der Waals surface area contributed by atoms with Gasteiger partial charge in [-0.3, -0.25) is 4.79 Å². The van der Waals surface area contributed by atoms with E-state index in [9.17, 15) is 9.90 Å². The third kappa shape index (κ3) is 2.34. The molecule has 2 N–H and O–H groups in total. The Hall–Kier alpha value is -1.35. The van der Waals surface area contributed by atoms with E-state index < -0.39 is 6.10 Å². The minimum atomic E-state index is -0.494. The first-order chi connectivity index (χ1) is 8.15. The number of amides is 1. The molecular weight excluding hydrogens is 214 g/mol. The molecule has 1 aromatic rings. The molecule has 1 aliphatic rings. The predicted molar refractivity (Wildman–Crippen MR) is 66.7 cm³/mol. The molecule has 1 amide bonds. The number of rotatable bonds is 4. The average Bonchev–Trinajstić information content (AvgIpc) is 2.26. The molecule has 0 unspecified atom stereocenters. The van der Waals surface area contributed by atoms with Gasteiger partial charge < -0.3 is 10.4 Å². The fourth-order valence-electron chi connectivity index (χ4n) is 2.34. The van der Waals surface area contributed by atoms with E-state index in [0.29, 0.717) is 6.54 Å². The quantitative estimate of drug-likeness (QED) is 0.830. The SMILES string of the molecule is C[C@@H](O)CNC(=O)C1(c2ccccc2)CCC1. The van der Waals surface area contributed by atoms with Crippen LogP contribution in [0.5, 0.6) is 0 Å². The summed E-state index contributed by atoms with van der Waals surface area (Å²) in [7, 11) is 0. The lowest BCUT2D eigenvalue weighted by molar-refractivity contribution is -0.130. The van der Waals surface area contributed by atoms with Crippen LogP contribution in [0.15, 0.2) is 30.3 Å². The van der Waals surface area contributed by atoms with Gasteiger partial charge in [0.25, 0.3) is 0 Å². The minimum Gasteiger partial charge on any atom is -0.392 e. The fraction of sp³-hybridized carbons (Fsp3) is 0.500. The van der Waals surface area contributed by atoms with Gasteiger partial charge in [-0.1, -0.05) is 36.8 Å². The van der Waals surface area contributed by atoms with Gasteiger partial charge >= 0.3 is 0 Å². The number of aliphatic hydroxyl groups excluding tert-OH is 1. The topological polar surface area (TPSA) is 49.3 Å². The largest absolute Gasteiger partial charge is 0.392 e. The zero-order valence-electron chi connectivity index (χ0n) is 10.1. The normalized spacial score (nSPS) is 19.2. The average molecular weight is 233 g/mol. The minimum absolute atomic E-state index is 0.0517. The van der Waals surface area contributed by atoms with Crippen LogP contribution in [0.3, 0.4) is 0 Å². The summed E-state index contributed by atoms with van der Waals surface area (Å²) in [6.07, 6.45) is 2.41. The van der Waals surface area contributed by atoms with E-state index in [2.05, 4.69) is 5.32 Å². The molecule has 0 saturated heterocycles. The molecule has 1 aromatic carbocycles. The van der Waals surface area contributed by atoms with Crippen molar-refractivity contribution in [2.24, 2.45) is 0 Å². The number of carbonyl (C=O) groups is 1. The second-order valence-corrected chi connectivity index (χ2v) is 4.86. The molecule has 3 heteroatoms. The van der Waals surface area contributed by atoms with Gasteiger partial charge in [-0.2, -0.15) is 0 Å². The Balaban J connectivity index is 2.12. The maximum atomic E-state index is 12.2. The summed E-state index contributed by atoms with van der Waals surface area (Å²) in [5, 5.41) is 12.0. The molecule has 0 aromatic heterocycles.